The summed E-state index contributed by atoms with van der Waals surface area (Å²) < 4.78 is 38.2. The summed E-state index contributed by atoms with van der Waals surface area (Å²) in [7, 11) is 0. The molecule has 0 aliphatic carbocycles. The van der Waals surface area contributed by atoms with Crippen LogP contribution in [0, 0.1) is 0 Å². The standard InChI is InChI=1S/C16H11ClF3NO2/c17-14-6-5-11(9-13(14)16(18,19)20)21-15(23)7-4-10-2-1-3-12(22)8-10/h1-9,22H,(H,21,23)/b7-4+. The quantitative estimate of drug-likeness (QED) is 0.794. The second kappa shape index (κ2) is 6.75. The zero-order valence-corrected chi connectivity index (χ0v) is 12.3. The third kappa shape index (κ3) is 4.75. The van der Waals surface area contributed by atoms with Gasteiger partial charge in [0.15, 0.2) is 0 Å². The molecule has 0 spiro atoms. The van der Waals surface area contributed by atoms with Crippen LogP contribution in [0.1, 0.15) is 11.1 Å². The molecule has 23 heavy (non-hydrogen) atoms. The normalized spacial score (nSPS) is 11.7. The molecule has 1 amide bonds. The molecule has 0 heterocycles. The van der Waals surface area contributed by atoms with Crippen LogP contribution in [0.3, 0.4) is 0 Å². The fourth-order valence-electron chi connectivity index (χ4n) is 1.80. The average molecular weight is 342 g/mol. The van der Waals surface area contributed by atoms with Gasteiger partial charge in [0.05, 0.1) is 10.6 Å². The molecule has 0 aliphatic heterocycles. The van der Waals surface area contributed by atoms with Crippen molar-refractivity contribution in [3.05, 3.63) is 64.7 Å². The number of aromatic hydroxyl groups is 1. The summed E-state index contributed by atoms with van der Waals surface area (Å²) in [6.45, 7) is 0. The summed E-state index contributed by atoms with van der Waals surface area (Å²) in [4.78, 5) is 11.7. The van der Waals surface area contributed by atoms with E-state index in [-0.39, 0.29) is 11.4 Å². The van der Waals surface area contributed by atoms with Crippen LogP contribution in [0.15, 0.2) is 48.5 Å². The predicted molar refractivity (Wildman–Crippen MR) is 82.2 cm³/mol. The Morgan fingerprint density at radius 3 is 2.57 bits per heavy atom. The maximum atomic E-state index is 12.7. The molecule has 0 fully saturated rings. The van der Waals surface area contributed by atoms with Crippen molar-refractivity contribution in [1.29, 1.82) is 0 Å². The molecule has 0 saturated heterocycles. The zero-order valence-electron chi connectivity index (χ0n) is 11.6. The Labute approximate surface area is 135 Å². The van der Waals surface area contributed by atoms with Crippen LogP contribution in [0.4, 0.5) is 18.9 Å². The topological polar surface area (TPSA) is 49.3 Å². The van der Waals surface area contributed by atoms with Crippen molar-refractivity contribution >= 4 is 29.3 Å². The number of amides is 1. The van der Waals surface area contributed by atoms with E-state index in [0.29, 0.717) is 5.56 Å². The van der Waals surface area contributed by atoms with E-state index in [9.17, 15) is 23.1 Å². The Bertz CT molecular complexity index is 757. The minimum Gasteiger partial charge on any atom is -0.508 e. The van der Waals surface area contributed by atoms with Crippen LogP contribution in [0.2, 0.25) is 5.02 Å². The summed E-state index contributed by atoms with van der Waals surface area (Å²) in [5.41, 5.74) is -0.464. The maximum Gasteiger partial charge on any atom is 0.417 e. The molecule has 0 radical (unpaired) electrons. The van der Waals surface area contributed by atoms with Gasteiger partial charge in [0.2, 0.25) is 5.91 Å². The summed E-state index contributed by atoms with van der Waals surface area (Å²) in [6, 6.07) is 9.28. The van der Waals surface area contributed by atoms with Gasteiger partial charge in [-0.2, -0.15) is 13.2 Å². The second-order valence-electron chi connectivity index (χ2n) is 4.61. The summed E-state index contributed by atoms with van der Waals surface area (Å²) in [5.74, 6) is -0.566. The number of benzene rings is 2. The maximum absolute atomic E-state index is 12.7. The van der Waals surface area contributed by atoms with Gasteiger partial charge in [0.25, 0.3) is 0 Å². The number of hydrogen-bond acceptors (Lipinski definition) is 2. The monoisotopic (exact) mass is 341 g/mol. The van der Waals surface area contributed by atoms with Crippen LogP contribution >= 0.6 is 11.6 Å². The number of phenolic OH excluding ortho intramolecular Hbond substituents is 1. The van der Waals surface area contributed by atoms with Gasteiger partial charge >= 0.3 is 6.18 Å². The van der Waals surface area contributed by atoms with Gasteiger partial charge in [-0.1, -0.05) is 23.7 Å². The first-order chi connectivity index (χ1) is 10.8. The first-order valence-corrected chi connectivity index (χ1v) is 6.78. The van der Waals surface area contributed by atoms with Crippen molar-refractivity contribution in [2.75, 3.05) is 5.32 Å². The fraction of sp³-hybridized carbons (Fsp3) is 0.0625. The van der Waals surface area contributed by atoms with Gasteiger partial charge in [-0.3, -0.25) is 4.79 Å². The number of halogens is 4. The van der Waals surface area contributed by atoms with Crippen molar-refractivity contribution in [2.24, 2.45) is 0 Å². The molecule has 0 aromatic heterocycles. The molecule has 3 nitrogen and oxygen atoms in total. The van der Waals surface area contributed by atoms with E-state index in [1.165, 1.54) is 24.3 Å². The van der Waals surface area contributed by atoms with E-state index >= 15 is 0 Å². The molecule has 7 heteroatoms. The molecule has 120 valence electrons. The van der Waals surface area contributed by atoms with Crippen molar-refractivity contribution in [2.45, 2.75) is 6.18 Å². The molecule has 0 bridgehead atoms. The average Bonchev–Trinajstić information content (AvgIpc) is 2.46. The van der Waals surface area contributed by atoms with E-state index < -0.39 is 22.7 Å². The number of carbonyl (C=O) groups is 1. The van der Waals surface area contributed by atoms with E-state index in [0.717, 1.165) is 18.2 Å². The van der Waals surface area contributed by atoms with Gasteiger partial charge in [-0.05, 0) is 42.0 Å². The molecule has 0 atom stereocenters. The molecule has 2 aromatic carbocycles. The molecule has 2 rings (SSSR count). The Hall–Kier alpha value is -2.47. The predicted octanol–water partition coefficient (Wildman–Crippen LogP) is 4.72. The highest BCUT2D eigenvalue weighted by Crippen LogP contribution is 2.36. The number of anilines is 1. The minimum atomic E-state index is -4.60. The van der Waals surface area contributed by atoms with E-state index in [1.807, 2.05) is 0 Å². The Morgan fingerprint density at radius 1 is 1.17 bits per heavy atom. The van der Waals surface area contributed by atoms with Crippen molar-refractivity contribution in [3.8, 4) is 5.75 Å². The third-order valence-corrected chi connectivity index (χ3v) is 3.17. The van der Waals surface area contributed by atoms with Gasteiger partial charge in [-0.15, -0.1) is 0 Å². The first-order valence-electron chi connectivity index (χ1n) is 6.40. The van der Waals surface area contributed by atoms with Crippen LogP contribution in [0.5, 0.6) is 5.75 Å². The summed E-state index contributed by atoms with van der Waals surface area (Å²) >= 11 is 5.50. The summed E-state index contributed by atoms with van der Waals surface area (Å²) in [6.07, 6.45) is -2.03. The SMILES string of the molecule is O=C(/C=C/c1cccc(O)c1)Nc1ccc(Cl)c(C(F)(F)F)c1. The minimum absolute atomic E-state index is 0.0210. The molecule has 2 aromatic rings. The van der Waals surface area contributed by atoms with E-state index in [4.69, 9.17) is 11.6 Å². The lowest BCUT2D eigenvalue weighted by molar-refractivity contribution is -0.137. The lowest BCUT2D eigenvalue weighted by atomic mass is 10.2. The van der Waals surface area contributed by atoms with Gasteiger partial charge in [0, 0.05) is 11.8 Å². The van der Waals surface area contributed by atoms with Crippen LogP contribution in [0.25, 0.3) is 6.08 Å². The molecule has 0 saturated carbocycles. The molecular weight excluding hydrogens is 331 g/mol. The highest BCUT2D eigenvalue weighted by Gasteiger charge is 2.33. The van der Waals surface area contributed by atoms with Crippen molar-refractivity contribution in [1.82, 2.24) is 0 Å². The smallest absolute Gasteiger partial charge is 0.417 e. The second-order valence-corrected chi connectivity index (χ2v) is 5.02. The number of hydrogen-bond donors (Lipinski definition) is 2. The van der Waals surface area contributed by atoms with Gasteiger partial charge in [-0.25, -0.2) is 0 Å². The van der Waals surface area contributed by atoms with Crippen LogP contribution < -0.4 is 5.32 Å². The zero-order chi connectivity index (χ0) is 17.0. The Morgan fingerprint density at radius 2 is 1.91 bits per heavy atom. The van der Waals surface area contributed by atoms with Crippen molar-refractivity contribution in [3.63, 3.8) is 0 Å². The number of phenols is 1. The summed E-state index contributed by atoms with van der Waals surface area (Å²) in [5, 5.41) is 11.2. The molecule has 0 aliphatic rings. The largest absolute Gasteiger partial charge is 0.508 e. The van der Waals surface area contributed by atoms with E-state index in [1.54, 1.807) is 12.1 Å². The van der Waals surface area contributed by atoms with Crippen molar-refractivity contribution < 1.29 is 23.1 Å². The lowest BCUT2D eigenvalue weighted by Gasteiger charge is -2.11. The highest BCUT2D eigenvalue weighted by molar-refractivity contribution is 6.31. The third-order valence-electron chi connectivity index (χ3n) is 2.84. The van der Waals surface area contributed by atoms with Crippen LogP contribution in [-0.4, -0.2) is 11.0 Å². The Kier molecular flexibility index (Phi) is 4.95. The number of alkyl halides is 3. The Balaban J connectivity index is 2.12. The number of carbonyl (C=O) groups excluding carboxylic acids is 1. The van der Waals surface area contributed by atoms with Gasteiger partial charge < -0.3 is 10.4 Å². The number of rotatable bonds is 3. The lowest BCUT2D eigenvalue weighted by Crippen LogP contribution is -2.11. The van der Waals surface area contributed by atoms with Gasteiger partial charge in [0.1, 0.15) is 5.75 Å². The molecular formula is C16H11ClF3NO2. The fourth-order valence-corrected chi connectivity index (χ4v) is 2.03. The first kappa shape index (κ1) is 16.9. The molecule has 2 N–H and O–H groups in total. The molecule has 0 unspecified atom stereocenters. The number of nitrogens with one attached hydrogen (secondary N) is 1. The van der Waals surface area contributed by atoms with Crippen LogP contribution in [-0.2, 0) is 11.0 Å². The van der Waals surface area contributed by atoms with E-state index in [2.05, 4.69) is 5.32 Å². The highest BCUT2D eigenvalue weighted by atomic mass is 35.5.